The highest BCUT2D eigenvalue weighted by Crippen LogP contribution is 2.36. The highest BCUT2D eigenvalue weighted by atomic mass is 16.5. The molecule has 2 fully saturated rings. The van der Waals surface area contributed by atoms with Gasteiger partial charge in [0.25, 0.3) is 0 Å². The van der Waals surface area contributed by atoms with E-state index in [2.05, 4.69) is 66.4 Å². The van der Waals surface area contributed by atoms with E-state index < -0.39 is 0 Å². The van der Waals surface area contributed by atoms with Crippen LogP contribution in [-0.4, -0.2) is 55.2 Å². The van der Waals surface area contributed by atoms with Gasteiger partial charge in [0.05, 0.1) is 5.60 Å². The van der Waals surface area contributed by atoms with Crippen LogP contribution in [0.2, 0.25) is 0 Å². The quantitative estimate of drug-likeness (QED) is 0.859. The Labute approximate surface area is 145 Å². The molecule has 2 aliphatic rings. The largest absolute Gasteiger partial charge is 0.373 e. The maximum absolute atomic E-state index is 6.29. The Morgan fingerprint density at radius 1 is 1.17 bits per heavy atom. The van der Waals surface area contributed by atoms with Crippen molar-refractivity contribution in [2.45, 2.75) is 37.5 Å². The molecule has 2 aliphatic heterocycles. The Morgan fingerprint density at radius 2 is 2.00 bits per heavy atom. The van der Waals surface area contributed by atoms with Crippen molar-refractivity contribution in [1.82, 2.24) is 9.80 Å². The lowest BCUT2D eigenvalue weighted by Gasteiger charge is -2.40. The van der Waals surface area contributed by atoms with Crippen molar-refractivity contribution in [2.75, 3.05) is 33.8 Å². The van der Waals surface area contributed by atoms with Crippen molar-refractivity contribution >= 4 is 10.8 Å². The van der Waals surface area contributed by atoms with Gasteiger partial charge in [-0.15, -0.1) is 0 Å². The van der Waals surface area contributed by atoms with Crippen LogP contribution < -0.4 is 0 Å². The third-order valence-corrected chi connectivity index (χ3v) is 5.87. The van der Waals surface area contributed by atoms with Crippen LogP contribution in [0.3, 0.4) is 0 Å². The number of likely N-dealkylation sites (tertiary alicyclic amines) is 1. The second kappa shape index (κ2) is 6.47. The van der Waals surface area contributed by atoms with Crippen LogP contribution in [0.5, 0.6) is 0 Å². The lowest BCUT2D eigenvalue weighted by molar-refractivity contribution is -0.0931. The summed E-state index contributed by atoms with van der Waals surface area (Å²) >= 11 is 0. The van der Waals surface area contributed by atoms with Crippen molar-refractivity contribution in [2.24, 2.45) is 0 Å². The van der Waals surface area contributed by atoms with E-state index in [9.17, 15) is 0 Å². The van der Waals surface area contributed by atoms with E-state index in [-0.39, 0.29) is 5.60 Å². The summed E-state index contributed by atoms with van der Waals surface area (Å²) in [6, 6.07) is 16.0. The molecule has 0 bridgehead atoms. The molecule has 0 aromatic heterocycles. The first-order valence-electron chi connectivity index (χ1n) is 9.15. The van der Waals surface area contributed by atoms with E-state index in [0.717, 1.165) is 32.7 Å². The Hall–Kier alpha value is -1.42. The first kappa shape index (κ1) is 16.1. The Morgan fingerprint density at radius 3 is 2.88 bits per heavy atom. The number of benzene rings is 2. The lowest BCUT2D eigenvalue weighted by Crippen LogP contribution is -2.48. The SMILES string of the molecule is CN(C)[C@@H]1CCO[C@]2(CCN(Cc3cccc4ccccc34)C2)C1. The van der Waals surface area contributed by atoms with Crippen molar-refractivity contribution in [3.05, 3.63) is 48.0 Å². The summed E-state index contributed by atoms with van der Waals surface area (Å²) in [6.45, 7) is 4.15. The molecule has 2 heterocycles. The van der Waals surface area contributed by atoms with E-state index >= 15 is 0 Å². The molecule has 0 aliphatic carbocycles. The van der Waals surface area contributed by atoms with E-state index in [0.29, 0.717) is 6.04 Å². The zero-order chi connectivity index (χ0) is 16.6. The summed E-state index contributed by atoms with van der Waals surface area (Å²) in [5.74, 6) is 0. The average Bonchev–Trinajstić information content (AvgIpc) is 2.97. The second-order valence-corrected chi connectivity index (χ2v) is 7.74. The minimum atomic E-state index is 0.0811. The number of hydrogen-bond acceptors (Lipinski definition) is 3. The normalized spacial score (nSPS) is 28.2. The topological polar surface area (TPSA) is 15.7 Å². The second-order valence-electron chi connectivity index (χ2n) is 7.74. The molecule has 128 valence electrons. The molecule has 2 aromatic rings. The minimum absolute atomic E-state index is 0.0811. The van der Waals surface area contributed by atoms with Crippen LogP contribution in [0.4, 0.5) is 0 Å². The molecular formula is C21H28N2O. The third-order valence-electron chi connectivity index (χ3n) is 5.87. The van der Waals surface area contributed by atoms with Crippen molar-refractivity contribution in [3.8, 4) is 0 Å². The molecule has 0 amide bonds. The molecule has 3 nitrogen and oxygen atoms in total. The maximum atomic E-state index is 6.29. The van der Waals surface area contributed by atoms with Gasteiger partial charge in [-0.1, -0.05) is 42.5 Å². The average molecular weight is 324 g/mol. The lowest BCUT2D eigenvalue weighted by atomic mass is 9.89. The summed E-state index contributed by atoms with van der Waals surface area (Å²) < 4.78 is 6.29. The molecule has 24 heavy (non-hydrogen) atoms. The van der Waals surface area contributed by atoms with Gasteiger partial charge in [0.1, 0.15) is 0 Å². The van der Waals surface area contributed by atoms with E-state index in [1.165, 1.54) is 29.2 Å². The molecule has 2 atom stereocenters. The summed E-state index contributed by atoms with van der Waals surface area (Å²) in [7, 11) is 4.40. The zero-order valence-electron chi connectivity index (χ0n) is 14.9. The fourth-order valence-electron chi connectivity index (χ4n) is 4.46. The van der Waals surface area contributed by atoms with Crippen LogP contribution in [0.1, 0.15) is 24.8 Å². The van der Waals surface area contributed by atoms with Gasteiger partial charge in [0.2, 0.25) is 0 Å². The predicted molar refractivity (Wildman–Crippen MR) is 99.2 cm³/mol. The Kier molecular flexibility index (Phi) is 4.33. The fourth-order valence-corrected chi connectivity index (χ4v) is 4.46. The summed E-state index contributed by atoms with van der Waals surface area (Å²) in [4.78, 5) is 4.96. The van der Waals surface area contributed by atoms with Crippen LogP contribution in [-0.2, 0) is 11.3 Å². The Balaban J connectivity index is 1.49. The van der Waals surface area contributed by atoms with Gasteiger partial charge >= 0.3 is 0 Å². The van der Waals surface area contributed by atoms with Crippen LogP contribution in [0, 0.1) is 0 Å². The van der Waals surface area contributed by atoms with Crippen molar-refractivity contribution in [1.29, 1.82) is 0 Å². The third kappa shape index (κ3) is 3.08. The summed E-state index contributed by atoms with van der Waals surface area (Å²) in [5.41, 5.74) is 1.52. The molecule has 2 aromatic carbocycles. The maximum Gasteiger partial charge on any atom is 0.0835 e. The number of fused-ring (bicyclic) bond motifs is 1. The van der Waals surface area contributed by atoms with Crippen LogP contribution >= 0.6 is 0 Å². The van der Waals surface area contributed by atoms with Crippen LogP contribution in [0.15, 0.2) is 42.5 Å². The molecule has 2 saturated heterocycles. The van der Waals surface area contributed by atoms with Gasteiger partial charge < -0.3 is 9.64 Å². The van der Waals surface area contributed by atoms with Crippen molar-refractivity contribution < 1.29 is 4.74 Å². The van der Waals surface area contributed by atoms with Gasteiger partial charge in [-0.25, -0.2) is 0 Å². The first-order chi connectivity index (χ1) is 11.7. The monoisotopic (exact) mass is 324 g/mol. The highest BCUT2D eigenvalue weighted by Gasteiger charge is 2.43. The van der Waals surface area contributed by atoms with Gasteiger partial charge in [-0.3, -0.25) is 4.90 Å². The van der Waals surface area contributed by atoms with Gasteiger partial charge in [0.15, 0.2) is 0 Å². The highest BCUT2D eigenvalue weighted by molar-refractivity contribution is 5.85. The number of ether oxygens (including phenoxy) is 1. The number of nitrogens with zero attached hydrogens (tertiary/aromatic N) is 2. The molecule has 1 spiro atoms. The predicted octanol–water partition coefficient (Wildman–Crippen LogP) is 3.52. The standard InChI is InChI=1S/C21H28N2O/c1-22(2)19-10-13-24-21(14-19)11-12-23(16-21)15-18-8-5-7-17-6-3-4-9-20(17)18/h3-9,19H,10-16H2,1-2H3/t19-,21-/m1/s1. The van der Waals surface area contributed by atoms with Gasteiger partial charge in [-0.2, -0.15) is 0 Å². The number of hydrogen-bond donors (Lipinski definition) is 0. The first-order valence-corrected chi connectivity index (χ1v) is 9.15. The molecule has 0 unspecified atom stereocenters. The number of rotatable bonds is 3. The zero-order valence-corrected chi connectivity index (χ0v) is 14.9. The van der Waals surface area contributed by atoms with Crippen LogP contribution in [0.25, 0.3) is 10.8 Å². The summed E-state index contributed by atoms with van der Waals surface area (Å²) in [5, 5.41) is 2.72. The molecule has 0 N–H and O–H groups in total. The minimum Gasteiger partial charge on any atom is -0.373 e. The smallest absolute Gasteiger partial charge is 0.0835 e. The van der Waals surface area contributed by atoms with E-state index in [1.54, 1.807) is 0 Å². The Bertz CT molecular complexity index is 709. The van der Waals surface area contributed by atoms with E-state index in [4.69, 9.17) is 4.74 Å². The van der Waals surface area contributed by atoms with Crippen molar-refractivity contribution in [3.63, 3.8) is 0 Å². The van der Waals surface area contributed by atoms with Gasteiger partial charge in [-0.05, 0) is 49.7 Å². The van der Waals surface area contributed by atoms with E-state index in [1.807, 2.05) is 0 Å². The molecular weight excluding hydrogens is 296 g/mol. The van der Waals surface area contributed by atoms with Gasteiger partial charge in [0, 0.05) is 32.3 Å². The molecule has 0 saturated carbocycles. The molecule has 4 rings (SSSR count). The molecule has 0 radical (unpaired) electrons. The fraction of sp³-hybridized carbons (Fsp3) is 0.524. The summed E-state index contributed by atoms with van der Waals surface area (Å²) in [6.07, 6.45) is 3.51. The molecule has 3 heteroatoms.